The normalized spacial score (nSPS) is 29.0. The van der Waals surface area contributed by atoms with Gasteiger partial charge in [0.25, 0.3) is 0 Å². The van der Waals surface area contributed by atoms with Crippen molar-refractivity contribution in [1.82, 2.24) is 0 Å². The predicted octanol–water partition coefficient (Wildman–Crippen LogP) is 5.40. The quantitative estimate of drug-likeness (QED) is 0.449. The molecule has 0 spiro atoms. The highest BCUT2D eigenvalue weighted by Crippen LogP contribution is 2.36. The summed E-state index contributed by atoms with van der Waals surface area (Å²) in [5.74, 6) is 2.96. The molecule has 0 nitrogen and oxygen atoms in total. The average molecular weight is 275 g/mol. The summed E-state index contributed by atoms with van der Waals surface area (Å²) in [6.07, 6.45) is 11.8. The van der Waals surface area contributed by atoms with Crippen LogP contribution in [0, 0.1) is 17.8 Å². The van der Waals surface area contributed by atoms with Gasteiger partial charge in [0.2, 0.25) is 0 Å². The zero-order valence-corrected chi connectivity index (χ0v) is 12.1. The summed E-state index contributed by atoms with van der Waals surface area (Å²) in [5.41, 5.74) is 0. The van der Waals surface area contributed by atoms with Crippen molar-refractivity contribution in [1.29, 1.82) is 0 Å². The van der Waals surface area contributed by atoms with Crippen molar-refractivity contribution in [2.45, 2.75) is 65.2 Å². The van der Waals surface area contributed by atoms with Gasteiger partial charge in [-0.15, -0.1) is 0 Å². The van der Waals surface area contributed by atoms with Crippen molar-refractivity contribution in [2.24, 2.45) is 17.8 Å². The van der Waals surface area contributed by atoms with Gasteiger partial charge in [0.1, 0.15) is 0 Å². The first-order valence-corrected chi connectivity index (χ1v) is 7.96. The van der Waals surface area contributed by atoms with Crippen LogP contribution in [-0.4, -0.2) is 5.33 Å². The van der Waals surface area contributed by atoms with E-state index in [0.717, 1.165) is 17.8 Å². The number of hydrogen-bond donors (Lipinski definition) is 0. The van der Waals surface area contributed by atoms with E-state index in [1.165, 1.54) is 56.7 Å². The van der Waals surface area contributed by atoms with Gasteiger partial charge < -0.3 is 0 Å². The Labute approximate surface area is 104 Å². The minimum atomic E-state index is 0.890. The molecular formula is C14H27Br. The Morgan fingerprint density at radius 2 is 1.80 bits per heavy atom. The highest BCUT2D eigenvalue weighted by atomic mass is 79.9. The molecular weight excluding hydrogens is 248 g/mol. The lowest BCUT2D eigenvalue weighted by Crippen LogP contribution is -2.20. The van der Waals surface area contributed by atoms with Gasteiger partial charge in [0.05, 0.1) is 0 Å². The molecule has 1 unspecified atom stereocenters. The third-order valence-corrected chi connectivity index (χ3v) is 5.18. The lowest BCUT2D eigenvalue weighted by Gasteiger charge is -2.31. The number of unbranched alkanes of at least 4 members (excludes halogenated alkanes) is 2. The van der Waals surface area contributed by atoms with E-state index in [4.69, 9.17) is 0 Å². The van der Waals surface area contributed by atoms with E-state index in [1.807, 2.05) is 0 Å². The zero-order chi connectivity index (χ0) is 11.1. The Morgan fingerprint density at radius 1 is 1.13 bits per heavy atom. The average Bonchev–Trinajstić information content (AvgIpc) is 2.29. The van der Waals surface area contributed by atoms with Gasteiger partial charge in [0, 0.05) is 5.33 Å². The maximum absolute atomic E-state index is 3.62. The Bertz CT molecular complexity index is 147. The first-order valence-electron chi connectivity index (χ1n) is 6.83. The molecule has 0 aromatic rings. The molecule has 0 heterocycles. The summed E-state index contributed by atoms with van der Waals surface area (Å²) in [4.78, 5) is 0. The topological polar surface area (TPSA) is 0 Å². The van der Waals surface area contributed by atoms with Crippen LogP contribution in [0.4, 0.5) is 0 Å². The summed E-state index contributed by atoms with van der Waals surface area (Å²) < 4.78 is 0. The largest absolute Gasteiger partial charge is 0.0925 e. The van der Waals surface area contributed by atoms with Crippen LogP contribution in [0.5, 0.6) is 0 Å². The fourth-order valence-corrected chi connectivity index (χ4v) is 3.38. The van der Waals surface area contributed by atoms with Crippen LogP contribution in [-0.2, 0) is 0 Å². The van der Waals surface area contributed by atoms with Crippen LogP contribution in [0.15, 0.2) is 0 Å². The SMILES string of the molecule is CCCCCC1CCC(C(C)CBr)CC1. The third kappa shape index (κ3) is 4.89. The minimum Gasteiger partial charge on any atom is -0.0925 e. The molecule has 1 aliphatic rings. The van der Waals surface area contributed by atoms with Crippen molar-refractivity contribution in [3.05, 3.63) is 0 Å². The van der Waals surface area contributed by atoms with Crippen LogP contribution in [0.1, 0.15) is 65.2 Å². The van der Waals surface area contributed by atoms with E-state index >= 15 is 0 Å². The number of rotatable bonds is 6. The van der Waals surface area contributed by atoms with Crippen molar-refractivity contribution in [3.63, 3.8) is 0 Å². The molecule has 1 saturated carbocycles. The van der Waals surface area contributed by atoms with Crippen LogP contribution in [0.3, 0.4) is 0 Å². The first-order chi connectivity index (χ1) is 7.27. The summed E-state index contributed by atoms with van der Waals surface area (Å²) in [6.45, 7) is 4.70. The summed E-state index contributed by atoms with van der Waals surface area (Å²) in [7, 11) is 0. The van der Waals surface area contributed by atoms with Crippen molar-refractivity contribution in [3.8, 4) is 0 Å². The van der Waals surface area contributed by atoms with Crippen molar-refractivity contribution < 1.29 is 0 Å². The Kier molecular flexibility index (Phi) is 6.96. The van der Waals surface area contributed by atoms with Gasteiger partial charge in [-0.3, -0.25) is 0 Å². The van der Waals surface area contributed by atoms with Gasteiger partial charge in [-0.1, -0.05) is 68.3 Å². The van der Waals surface area contributed by atoms with Crippen LogP contribution < -0.4 is 0 Å². The Morgan fingerprint density at radius 3 is 2.33 bits per heavy atom. The molecule has 15 heavy (non-hydrogen) atoms. The van der Waals surface area contributed by atoms with E-state index in [9.17, 15) is 0 Å². The second kappa shape index (κ2) is 7.70. The van der Waals surface area contributed by atoms with Gasteiger partial charge >= 0.3 is 0 Å². The van der Waals surface area contributed by atoms with E-state index in [2.05, 4.69) is 29.8 Å². The number of halogens is 1. The van der Waals surface area contributed by atoms with Crippen LogP contribution in [0.2, 0.25) is 0 Å². The maximum atomic E-state index is 3.62. The molecule has 0 bridgehead atoms. The monoisotopic (exact) mass is 274 g/mol. The molecule has 90 valence electrons. The van der Waals surface area contributed by atoms with Gasteiger partial charge in [-0.2, -0.15) is 0 Å². The standard InChI is InChI=1S/C14H27Br/c1-3-4-5-6-13-7-9-14(10-8-13)12(2)11-15/h12-14H,3-11H2,1-2H3. The second-order valence-corrected chi connectivity index (χ2v) is 6.06. The molecule has 1 rings (SSSR count). The van der Waals surface area contributed by atoms with E-state index in [-0.39, 0.29) is 0 Å². The predicted molar refractivity (Wildman–Crippen MR) is 72.5 cm³/mol. The highest BCUT2D eigenvalue weighted by Gasteiger charge is 2.24. The van der Waals surface area contributed by atoms with Gasteiger partial charge in [-0.05, 0) is 30.6 Å². The molecule has 0 N–H and O–H groups in total. The summed E-state index contributed by atoms with van der Waals surface area (Å²) in [6, 6.07) is 0. The summed E-state index contributed by atoms with van der Waals surface area (Å²) in [5, 5.41) is 1.19. The summed E-state index contributed by atoms with van der Waals surface area (Å²) >= 11 is 3.62. The molecule has 1 fully saturated rings. The molecule has 0 saturated heterocycles. The molecule has 0 amide bonds. The second-order valence-electron chi connectivity index (χ2n) is 5.41. The fourth-order valence-electron chi connectivity index (χ4n) is 2.85. The lowest BCUT2D eigenvalue weighted by atomic mass is 9.75. The highest BCUT2D eigenvalue weighted by molar-refractivity contribution is 9.09. The fraction of sp³-hybridized carbons (Fsp3) is 1.00. The van der Waals surface area contributed by atoms with Crippen molar-refractivity contribution in [2.75, 3.05) is 5.33 Å². The molecule has 1 atom stereocenters. The van der Waals surface area contributed by atoms with Crippen molar-refractivity contribution >= 4 is 15.9 Å². The van der Waals surface area contributed by atoms with Gasteiger partial charge in [0.15, 0.2) is 0 Å². The number of hydrogen-bond acceptors (Lipinski definition) is 0. The Balaban J connectivity index is 2.12. The maximum Gasteiger partial charge on any atom is 0.00596 e. The van der Waals surface area contributed by atoms with E-state index in [1.54, 1.807) is 0 Å². The van der Waals surface area contributed by atoms with E-state index in [0.29, 0.717) is 0 Å². The van der Waals surface area contributed by atoms with Crippen LogP contribution >= 0.6 is 15.9 Å². The first kappa shape index (κ1) is 13.5. The molecule has 0 radical (unpaired) electrons. The Hall–Kier alpha value is 0.480. The van der Waals surface area contributed by atoms with E-state index < -0.39 is 0 Å². The molecule has 0 aromatic heterocycles. The molecule has 1 aliphatic carbocycles. The van der Waals surface area contributed by atoms with Crippen LogP contribution in [0.25, 0.3) is 0 Å². The smallest absolute Gasteiger partial charge is 0.00596 e. The number of alkyl halides is 1. The minimum absolute atomic E-state index is 0.890. The zero-order valence-electron chi connectivity index (χ0n) is 10.5. The third-order valence-electron chi connectivity index (χ3n) is 4.16. The molecule has 0 aromatic carbocycles. The molecule has 1 heteroatoms. The molecule has 0 aliphatic heterocycles. The van der Waals surface area contributed by atoms with Gasteiger partial charge in [-0.25, -0.2) is 0 Å². The lowest BCUT2D eigenvalue weighted by molar-refractivity contribution is 0.217.